The average molecular weight is 342 g/mol. The molecule has 3 aromatic rings. The van der Waals surface area contributed by atoms with Crippen molar-refractivity contribution in [2.24, 2.45) is 0 Å². The fourth-order valence-corrected chi connectivity index (χ4v) is 3.26. The molecule has 6 nitrogen and oxygen atoms in total. The molecule has 0 aliphatic heterocycles. The van der Waals surface area contributed by atoms with E-state index in [1.54, 1.807) is 16.7 Å². The van der Waals surface area contributed by atoms with Crippen molar-refractivity contribution in [3.8, 4) is 0 Å². The Morgan fingerprint density at radius 3 is 2.88 bits per heavy atom. The topological polar surface area (TPSA) is 73.8 Å². The Bertz CT molecular complexity index is 932. The normalized spacial score (nSPS) is 12.4. The van der Waals surface area contributed by atoms with Crippen LogP contribution in [0.2, 0.25) is 0 Å². The van der Waals surface area contributed by atoms with Crippen LogP contribution in [0.15, 0.2) is 51.3 Å². The van der Waals surface area contributed by atoms with Crippen LogP contribution in [-0.4, -0.2) is 19.7 Å². The SMILES string of the molecule is C=CCn1c(S[C@H](C)c2nnc(CC)o2)nc2ccccc2c1=O. The van der Waals surface area contributed by atoms with Crippen LogP contribution >= 0.6 is 11.8 Å². The summed E-state index contributed by atoms with van der Waals surface area (Å²) in [5.74, 6) is 1.14. The molecule has 1 aromatic carbocycles. The predicted molar refractivity (Wildman–Crippen MR) is 94.1 cm³/mol. The molecule has 0 aliphatic carbocycles. The van der Waals surface area contributed by atoms with Gasteiger partial charge in [0.1, 0.15) is 0 Å². The molecule has 0 bridgehead atoms. The molecule has 0 saturated carbocycles. The van der Waals surface area contributed by atoms with Crippen LogP contribution in [0, 0.1) is 0 Å². The van der Waals surface area contributed by atoms with Gasteiger partial charge in [0.05, 0.1) is 16.2 Å². The third kappa shape index (κ3) is 3.12. The van der Waals surface area contributed by atoms with Crippen molar-refractivity contribution in [2.45, 2.75) is 37.2 Å². The van der Waals surface area contributed by atoms with Crippen LogP contribution < -0.4 is 5.56 Å². The van der Waals surface area contributed by atoms with E-state index < -0.39 is 0 Å². The first kappa shape index (κ1) is 16.4. The van der Waals surface area contributed by atoms with Crippen LogP contribution in [0.1, 0.15) is 30.9 Å². The molecule has 1 atom stereocenters. The first-order valence-electron chi connectivity index (χ1n) is 7.73. The average Bonchev–Trinajstić information content (AvgIpc) is 3.08. The van der Waals surface area contributed by atoms with E-state index in [0.717, 1.165) is 0 Å². The van der Waals surface area contributed by atoms with Gasteiger partial charge >= 0.3 is 0 Å². The van der Waals surface area contributed by atoms with Crippen molar-refractivity contribution in [2.75, 3.05) is 0 Å². The van der Waals surface area contributed by atoms with Gasteiger partial charge in [0.15, 0.2) is 5.16 Å². The zero-order valence-corrected chi connectivity index (χ0v) is 14.4. The van der Waals surface area contributed by atoms with Crippen LogP contribution in [-0.2, 0) is 13.0 Å². The van der Waals surface area contributed by atoms with E-state index in [9.17, 15) is 4.79 Å². The summed E-state index contributed by atoms with van der Waals surface area (Å²) in [6.45, 7) is 8.05. The number of aryl methyl sites for hydroxylation is 1. The van der Waals surface area contributed by atoms with Crippen molar-refractivity contribution in [3.05, 3.63) is 59.1 Å². The summed E-state index contributed by atoms with van der Waals surface area (Å²) in [6, 6.07) is 7.33. The Morgan fingerprint density at radius 1 is 1.38 bits per heavy atom. The standard InChI is InChI=1S/C17H18N4O2S/c1-4-10-21-16(22)12-8-6-7-9-13(12)18-17(21)24-11(3)15-20-19-14(5-2)23-15/h4,6-9,11H,1,5,10H2,2-3H3/t11-/m1/s1. The van der Waals surface area contributed by atoms with Crippen molar-refractivity contribution in [1.29, 1.82) is 0 Å². The number of hydrogen-bond donors (Lipinski definition) is 0. The van der Waals surface area contributed by atoms with Gasteiger partial charge in [-0.3, -0.25) is 9.36 Å². The highest BCUT2D eigenvalue weighted by atomic mass is 32.2. The third-order valence-corrected chi connectivity index (χ3v) is 4.63. The van der Waals surface area contributed by atoms with E-state index in [1.807, 2.05) is 32.0 Å². The highest BCUT2D eigenvalue weighted by molar-refractivity contribution is 7.99. The summed E-state index contributed by atoms with van der Waals surface area (Å²) >= 11 is 1.42. The lowest BCUT2D eigenvalue weighted by Crippen LogP contribution is -2.23. The second-order valence-corrected chi connectivity index (χ2v) is 6.57. The second-order valence-electron chi connectivity index (χ2n) is 5.26. The monoisotopic (exact) mass is 342 g/mol. The molecule has 0 radical (unpaired) electrons. The molecule has 0 spiro atoms. The van der Waals surface area contributed by atoms with Gasteiger partial charge in [-0.25, -0.2) is 4.98 Å². The zero-order chi connectivity index (χ0) is 17.1. The van der Waals surface area contributed by atoms with Gasteiger partial charge in [-0.05, 0) is 19.1 Å². The summed E-state index contributed by atoms with van der Waals surface area (Å²) in [5, 5.41) is 9.16. The van der Waals surface area contributed by atoms with E-state index in [0.29, 0.717) is 40.8 Å². The van der Waals surface area contributed by atoms with E-state index in [1.165, 1.54) is 11.8 Å². The molecule has 7 heteroatoms. The number of thioether (sulfide) groups is 1. The maximum Gasteiger partial charge on any atom is 0.262 e. The lowest BCUT2D eigenvalue weighted by Gasteiger charge is -2.13. The number of hydrogen-bond acceptors (Lipinski definition) is 6. The maximum atomic E-state index is 12.7. The molecule has 0 unspecified atom stereocenters. The summed E-state index contributed by atoms with van der Waals surface area (Å²) in [6.07, 6.45) is 2.38. The Morgan fingerprint density at radius 2 is 2.17 bits per heavy atom. The highest BCUT2D eigenvalue weighted by Crippen LogP contribution is 2.33. The Kier molecular flexibility index (Phi) is 4.80. The van der Waals surface area contributed by atoms with E-state index >= 15 is 0 Å². The molecular formula is C17H18N4O2S. The van der Waals surface area contributed by atoms with Gasteiger partial charge in [-0.2, -0.15) is 0 Å². The van der Waals surface area contributed by atoms with E-state index in [2.05, 4.69) is 21.8 Å². The van der Waals surface area contributed by atoms with Crippen molar-refractivity contribution < 1.29 is 4.42 Å². The predicted octanol–water partition coefficient (Wildman–Crippen LogP) is 3.38. The number of benzene rings is 1. The Labute approximate surface area is 143 Å². The molecule has 124 valence electrons. The van der Waals surface area contributed by atoms with Gasteiger partial charge in [0, 0.05) is 13.0 Å². The molecule has 0 amide bonds. The first-order valence-corrected chi connectivity index (χ1v) is 8.61. The molecule has 0 fully saturated rings. The molecule has 2 aromatic heterocycles. The maximum absolute atomic E-state index is 12.7. The quantitative estimate of drug-likeness (QED) is 0.388. The number of aromatic nitrogens is 4. The summed E-state index contributed by atoms with van der Waals surface area (Å²) in [4.78, 5) is 17.4. The smallest absolute Gasteiger partial charge is 0.262 e. The number of rotatable bonds is 6. The lowest BCUT2D eigenvalue weighted by molar-refractivity contribution is 0.455. The van der Waals surface area contributed by atoms with E-state index in [-0.39, 0.29) is 10.8 Å². The van der Waals surface area contributed by atoms with Crippen LogP contribution in [0.4, 0.5) is 0 Å². The summed E-state index contributed by atoms with van der Waals surface area (Å²) < 4.78 is 7.22. The fraction of sp³-hybridized carbons (Fsp3) is 0.294. The number of para-hydroxylation sites is 1. The van der Waals surface area contributed by atoms with Gasteiger partial charge in [0.25, 0.3) is 5.56 Å². The molecule has 0 saturated heterocycles. The molecule has 24 heavy (non-hydrogen) atoms. The van der Waals surface area contributed by atoms with Gasteiger partial charge in [-0.1, -0.05) is 36.9 Å². The van der Waals surface area contributed by atoms with Crippen molar-refractivity contribution in [3.63, 3.8) is 0 Å². The summed E-state index contributed by atoms with van der Waals surface area (Å²) in [5.41, 5.74) is 0.604. The Hall–Kier alpha value is -2.41. The number of fused-ring (bicyclic) bond motifs is 1. The minimum atomic E-state index is -0.109. The van der Waals surface area contributed by atoms with Crippen LogP contribution in [0.25, 0.3) is 10.9 Å². The molecule has 2 heterocycles. The number of nitrogens with zero attached hydrogens (tertiary/aromatic N) is 4. The zero-order valence-electron chi connectivity index (χ0n) is 13.6. The number of allylic oxidation sites excluding steroid dienone is 1. The van der Waals surface area contributed by atoms with E-state index in [4.69, 9.17) is 4.42 Å². The first-order chi connectivity index (χ1) is 11.6. The van der Waals surface area contributed by atoms with Crippen LogP contribution in [0.5, 0.6) is 0 Å². The lowest BCUT2D eigenvalue weighted by atomic mass is 10.2. The molecular weight excluding hydrogens is 324 g/mol. The third-order valence-electron chi connectivity index (χ3n) is 3.55. The van der Waals surface area contributed by atoms with Crippen LogP contribution in [0.3, 0.4) is 0 Å². The van der Waals surface area contributed by atoms with Gasteiger partial charge < -0.3 is 4.42 Å². The van der Waals surface area contributed by atoms with Gasteiger partial charge in [-0.15, -0.1) is 16.8 Å². The molecule has 3 rings (SSSR count). The van der Waals surface area contributed by atoms with Gasteiger partial charge in [0.2, 0.25) is 11.8 Å². The Balaban J connectivity index is 2.02. The minimum Gasteiger partial charge on any atom is -0.424 e. The largest absolute Gasteiger partial charge is 0.424 e. The van der Waals surface area contributed by atoms with Crippen molar-refractivity contribution in [1.82, 2.24) is 19.7 Å². The highest BCUT2D eigenvalue weighted by Gasteiger charge is 2.19. The fourth-order valence-electron chi connectivity index (χ4n) is 2.31. The molecule has 0 N–H and O–H groups in total. The minimum absolute atomic E-state index is 0.0741. The molecule has 0 aliphatic rings. The summed E-state index contributed by atoms with van der Waals surface area (Å²) in [7, 11) is 0. The second kappa shape index (κ2) is 7.00. The van der Waals surface area contributed by atoms with Crippen molar-refractivity contribution >= 4 is 22.7 Å².